The Bertz CT molecular complexity index is 206. The highest BCUT2D eigenvalue weighted by Gasteiger charge is 2.21. The molecular formula is C16H35NO. The number of rotatable bonds is 2. The first-order valence-electron chi connectivity index (χ1n) is 7.51. The number of piperidine rings is 1. The van der Waals surface area contributed by atoms with Crippen molar-refractivity contribution in [3.05, 3.63) is 12.5 Å². The lowest BCUT2D eigenvalue weighted by molar-refractivity contribution is -0.00666. The zero-order valence-electron chi connectivity index (χ0n) is 14.0. The van der Waals surface area contributed by atoms with E-state index in [0.29, 0.717) is 0 Å². The van der Waals surface area contributed by atoms with E-state index in [2.05, 4.69) is 39.2 Å². The van der Waals surface area contributed by atoms with Crippen LogP contribution in [0.15, 0.2) is 12.5 Å². The van der Waals surface area contributed by atoms with Gasteiger partial charge in [0.25, 0.3) is 0 Å². The molecule has 1 aliphatic rings. The molecule has 0 saturated carbocycles. The summed E-state index contributed by atoms with van der Waals surface area (Å²) in [5.41, 5.74) is -0.127. The minimum atomic E-state index is -0.127. The molecule has 0 aromatic rings. The molecule has 18 heavy (non-hydrogen) atoms. The molecule has 1 fully saturated rings. The molecule has 1 rings (SSSR count). The minimum absolute atomic E-state index is 0.127. The van der Waals surface area contributed by atoms with Crippen LogP contribution < -0.4 is 0 Å². The maximum absolute atomic E-state index is 5.76. The third-order valence-corrected chi connectivity index (χ3v) is 2.43. The topological polar surface area (TPSA) is 12.5 Å². The van der Waals surface area contributed by atoms with Crippen LogP contribution in [0, 0.1) is 5.92 Å². The zero-order valence-corrected chi connectivity index (χ0v) is 14.0. The van der Waals surface area contributed by atoms with Gasteiger partial charge >= 0.3 is 0 Å². The van der Waals surface area contributed by atoms with E-state index >= 15 is 0 Å². The van der Waals surface area contributed by atoms with E-state index in [4.69, 9.17) is 4.74 Å². The predicted molar refractivity (Wildman–Crippen MR) is 82.6 cm³/mol. The Labute approximate surface area is 115 Å². The fourth-order valence-electron chi connectivity index (χ4n) is 1.83. The molecule has 1 heterocycles. The summed E-state index contributed by atoms with van der Waals surface area (Å²) in [5.74, 6) is 1.60. The summed E-state index contributed by atoms with van der Waals surface area (Å²) >= 11 is 0. The van der Waals surface area contributed by atoms with Crippen molar-refractivity contribution in [1.82, 2.24) is 4.90 Å². The van der Waals surface area contributed by atoms with Gasteiger partial charge in [-0.3, -0.25) is 0 Å². The number of hydrogen-bond acceptors (Lipinski definition) is 2. The molecular weight excluding hydrogens is 222 g/mol. The van der Waals surface area contributed by atoms with E-state index in [1.165, 1.54) is 12.8 Å². The first-order chi connectivity index (χ1) is 8.38. The molecule has 0 N–H and O–H groups in total. The number of hydrogen-bond donors (Lipinski definition) is 0. The molecule has 2 heteroatoms. The molecule has 0 radical (unpaired) electrons. The standard InChI is InChI=1S/C12H23NO.2C2H6/c1-10-7-6-8-13(9-10)11(2)14-12(3,4)5;2*1-2/h10H,2,6-9H2,1,3-5H3;2*1-2H3. The summed E-state index contributed by atoms with van der Waals surface area (Å²) in [4.78, 5) is 2.26. The molecule has 0 aromatic carbocycles. The van der Waals surface area contributed by atoms with Gasteiger partial charge in [-0.05, 0) is 46.1 Å². The zero-order chi connectivity index (χ0) is 14.8. The van der Waals surface area contributed by atoms with Crippen LogP contribution in [-0.4, -0.2) is 23.6 Å². The molecule has 0 aliphatic carbocycles. The largest absolute Gasteiger partial charge is 0.474 e. The second-order valence-electron chi connectivity index (χ2n) is 5.30. The maximum Gasteiger partial charge on any atom is 0.182 e. The van der Waals surface area contributed by atoms with E-state index in [1.807, 2.05) is 27.7 Å². The monoisotopic (exact) mass is 257 g/mol. The lowest BCUT2D eigenvalue weighted by Crippen LogP contribution is -2.36. The highest BCUT2D eigenvalue weighted by molar-refractivity contribution is 4.89. The first-order valence-corrected chi connectivity index (χ1v) is 7.51. The summed E-state index contributed by atoms with van der Waals surface area (Å²) < 4.78 is 5.76. The fourth-order valence-corrected chi connectivity index (χ4v) is 1.83. The Balaban J connectivity index is 0. The van der Waals surface area contributed by atoms with Gasteiger partial charge in [-0.2, -0.15) is 0 Å². The van der Waals surface area contributed by atoms with E-state index in [0.717, 1.165) is 24.9 Å². The highest BCUT2D eigenvalue weighted by Crippen LogP contribution is 2.22. The predicted octanol–water partition coefficient (Wildman–Crippen LogP) is 5.06. The number of ether oxygens (including phenoxy) is 1. The maximum atomic E-state index is 5.76. The van der Waals surface area contributed by atoms with Crippen LogP contribution in [0.25, 0.3) is 0 Å². The molecule has 2 nitrogen and oxygen atoms in total. The van der Waals surface area contributed by atoms with Crippen LogP contribution in [-0.2, 0) is 4.74 Å². The summed E-state index contributed by atoms with van der Waals surface area (Å²) in [7, 11) is 0. The van der Waals surface area contributed by atoms with Crippen molar-refractivity contribution < 1.29 is 4.74 Å². The second kappa shape index (κ2) is 10.3. The molecule has 0 aromatic heterocycles. The molecule has 1 saturated heterocycles. The molecule has 1 unspecified atom stereocenters. The van der Waals surface area contributed by atoms with Gasteiger partial charge in [0.15, 0.2) is 5.88 Å². The lowest BCUT2D eigenvalue weighted by Gasteiger charge is -2.36. The van der Waals surface area contributed by atoms with Gasteiger partial charge in [-0.1, -0.05) is 34.6 Å². The van der Waals surface area contributed by atoms with Crippen LogP contribution in [0.1, 0.15) is 68.2 Å². The lowest BCUT2D eigenvalue weighted by atomic mass is 10.0. The number of likely N-dealkylation sites (tertiary alicyclic amines) is 1. The highest BCUT2D eigenvalue weighted by atomic mass is 16.5. The van der Waals surface area contributed by atoms with Crippen molar-refractivity contribution in [2.45, 2.75) is 73.8 Å². The Hall–Kier alpha value is -0.660. The van der Waals surface area contributed by atoms with Crippen molar-refractivity contribution in [2.75, 3.05) is 13.1 Å². The molecule has 0 spiro atoms. The van der Waals surface area contributed by atoms with Crippen molar-refractivity contribution in [3.8, 4) is 0 Å². The summed E-state index contributed by atoms with van der Waals surface area (Å²) in [6.07, 6.45) is 2.59. The van der Waals surface area contributed by atoms with Crippen LogP contribution in [0.2, 0.25) is 0 Å². The second-order valence-corrected chi connectivity index (χ2v) is 5.30. The molecule has 110 valence electrons. The molecule has 0 bridgehead atoms. The Morgan fingerprint density at radius 1 is 1.17 bits per heavy atom. The van der Waals surface area contributed by atoms with E-state index < -0.39 is 0 Å². The van der Waals surface area contributed by atoms with E-state index in [1.54, 1.807) is 0 Å². The molecule has 1 aliphatic heterocycles. The van der Waals surface area contributed by atoms with Gasteiger partial charge < -0.3 is 9.64 Å². The van der Waals surface area contributed by atoms with Gasteiger partial charge in [0, 0.05) is 13.1 Å². The quantitative estimate of drug-likeness (QED) is 0.641. The van der Waals surface area contributed by atoms with Crippen LogP contribution in [0.3, 0.4) is 0 Å². The Morgan fingerprint density at radius 2 is 1.67 bits per heavy atom. The first kappa shape index (κ1) is 19.7. The van der Waals surface area contributed by atoms with Gasteiger partial charge in [0.1, 0.15) is 5.60 Å². The van der Waals surface area contributed by atoms with E-state index in [-0.39, 0.29) is 5.60 Å². The Kier molecular flexibility index (Phi) is 11.2. The van der Waals surface area contributed by atoms with Crippen molar-refractivity contribution in [1.29, 1.82) is 0 Å². The van der Waals surface area contributed by atoms with Gasteiger partial charge in [-0.25, -0.2) is 0 Å². The van der Waals surface area contributed by atoms with Crippen molar-refractivity contribution >= 4 is 0 Å². The van der Waals surface area contributed by atoms with Crippen LogP contribution >= 0.6 is 0 Å². The van der Waals surface area contributed by atoms with Crippen LogP contribution in [0.4, 0.5) is 0 Å². The SMILES string of the molecule is C=C(OC(C)(C)C)N1CCCC(C)C1.CC.CC. The van der Waals surface area contributed by atoms with Crippen molar-refractivity contribution in [2.24, 2.45) is 5.92 Å². The van der Waals surface area contributed by atoms with Gasteiger partial charge in [0.2, 0.25) is 0 Å². The van der Waals surface area contributed by atoms with Gasteiger partial charge in [-0.15, -0.1) is 0 Å². The van der Waals surface area contributed by atoms with Crippen LogP contribution in [0.5, 0.6) is 0 Å². The fraction of sp³-hybridized carbons (Fsp3) is 0.875. The van der Waals surface area contributed by atoms with Crippen molar-refractivity contribution in [3.63, 3.8) is 0 Å². The minimum Gasteiger partial charge on any atom is -0.474 e. The third-order valence-electron chi connectivity index (χ3n) is 2.43. The summed E-state index contributed by atoms with van der Waals surface area (Å²) in [6.45, 7) is 22.7. The molecule has 0 amide bonds. The van der Waals surface area contributed by atoms with E-state index in [9.17, 15) is 0 Å². The average molecular weight is 257 g/mol. The average Bonchev–Trinajstić information content (AvgIpc) is 2.32. The van der Waals surface area contributed by atoms with Gasteiger partial charge in [0.05, 0.1) is 0 Å². The number of nitrogens with zero attached hydrogens (tertiary/aromatic N) is 1. The normalized spacial score (nSPS) is 18.9. The smallest absolute Gasteiger partial charge is 0.182 e. The Morgan fingerprint density at radius 3 is 2.06 bits per heavy atom. The molecule has 1 atom stereocenters. The third kappa shape index (κ3) is 9.38. The summed E-state index contributed by atoms with van der Waals surface area (Å²) in [5, 5.41) is 0. The summed E-state index contributed by atoms with van der Waals surface area (Å²) in [6, 6.07) is 0.